The van der Waals surface area contributed by atoms with Gasteiger partial charge in [-0.15, -0.1) is 10.2 Å². The third-order valence-electron chi connectivity index (χ3n) is 3.22. The summed E-state index contributed by atoms with van der Waals surface area (Å²) in [6, 6.07) is 4.39. The van der Waals surface area contributed by atoms with Gasteiger partial charge in [-0.05, 0) is 37.0 Å². The molecule has 5 nitrogen and oxygen atoms in total. The lowest BCUT2D eigenvalue weighted by molar-refractivity contribution is -0.116. The molecule has 1 aliphatic rings. The predicted molar refractivity (Wildman–Crippen MR) is 84.8 cm³/mol. The van der Waals surface area contributed by atoms with Crippen LogP contribution in [0.15, 0.2) is 28.9 Å². The van der Waals surface area contributed by atoms with Crippen LogP contribution in [0, 0.1) is 0 Å². The van der Waals surface area contributed by atoms with E-state index in [9.17, 15) is 4.79 Å². The second-order valence-corrected chi connectivity index (χ2v) is 7.22. The van der Waals surface area contributed by atoms with Gasteiger partial charge in [0.1, 0.15) is 0 Å². The summed E-state index contributed by atoms with van der Waals surface area (Å²) in [6.07, 6.45) is 6.74. The lowest BCUT2D eigenvalue weighted by Gasteiger charge is -2.15. The van der Waals surface area contributed by atoms with Gasteiger partial charge in [0.25, 0.3) is 0 Å². The molecule has 0 radical (unpaired) electrons. The van der Waals surface area contributed by atoms with E-state index in [1.165, 1.54) is 16.9 Å². The van der Waals surface area contributed by atoms with Gasteiger partial charge in [-0.25, -0.2) is 0 Å². The van der Waals surface area contributed by atoms with E-state index in [1.807, 2.05) is 24.5 Å². The van der Waals surface area contributed by atoms with Gasteiger partial charge in [0.05, 0.1) is 0 Å². The highest BCUT2D eigenvalue weighted by Gasteiger charge is 2.34. The zero-order chi connectivity index (χ0) is 14.7. The first-order chi connectivity index (χ1) is 10.2. The quantitative estimate of drug-likeness (QED) is 0.605. The SMILES string of the molecule is CC(=O)N(c1nnc(SCCc2ccncc2)s1)C1CC1. The zero-order valence-corrected chi connectivity index (χ0v) is 13.4. The fraction of sp³-hybridized carbons (Fsp3) is 0.429. The summed E-state index contributed by atoms with van der Waals surface area (Å²) in [4.78, 5) is 17.5. The highest BCUT2D eigenvalue weighted by atomic mass is 32.2. The molecule has 0 N–H and O–H groups in total. The maximum atomic E-state index is 11.7. The average Bonchev–Trinajstić information content (AvgIpc) is 3.19. The summed E-state index contributed by atoms with van der Waals surface area (Å²) in [5.41, 5.74) is 1.27. The van der Waals surface area contributed by atoms with Crippen molar-refractivity contribution < 1.29 is 4.79 Å². The van der Waals surface area contributed by atoms with E-state index in [0.29, 0.717) is 6.04 Å². The number of aromatic nitrogens is 3. The molecule has 1 aliphatic carbocycles. The van der Waals surface area contributed by atoms with Crippen molar-refractivity contribution in [2.24, 2.45) is 0 Å². The molecule has 110 valence electrons. The number of carbonyl (C=O) groups excluding carboxylic acids is 1. The summed E-state index contributed by atoms with van der Waals surface area (Å²) in [7, 11) is 0. The number of rotatable bonds is 6. The molecule has 7 heteroatoms. The van der Waals surface area contributed by atoms with Crippen LogP contribution in [-0.2, 0) is 11.2 Å². The van der Waals surface area contributed by atoms with Crippen LogP contribution in [0.25, 0.3) is 0 Å². The standard InChI is InChI=1S/C14H16N4OS2/c1-10(19)18(12-2-3-12)13-16-17-14(21-13)20-9-6-11-4-7-15-8-5-11/h4-5,7-8,12H,2-3,6,9H2,1H3. The largest absolute Gasteiger partial charge is 0.284 e. The van der Waals surface area contributed by atoms with Gasteiger partial charge in [-0.3, -0.25) is 14.7 Å². The van der Waals surface area contributed by atoms with Crippen LogP contribution in [0.3, 0.4) is 0 Å². The van der Waals surface area contributed by atoms with Crippen LogP contribution in [-0.4, -0.2) is 32.9 Å². The van der Waals surface area contributed by atoms with E-state index >= 15 is 0 Å². The molecule has 1 amide bonds. The number of thioether (sulfide) groups is 1. The van der Waals surface area contributed by atoms with Crippen LogP contribution >= 0.6 is 23.1 Å². The Hall–Kier alpha value is -1.47. The summed E-state index contributed by atoms with van der Waals surface area (Å²) >= 11 is 3.19. The highest BCUT2D eigenvalue weighted by Crippen LogP contribution is 2.35. The van der Waals surface area contributed by atoms with Crippen LogP contribution in [0.2, 0.25) is 0 Å². The van der Waals surface area contributed by atoms with E-state index in [2.05, 4.69) is 15.2 Å². The monoisotopic (exact) mass is 320 g/mol. The summed E-state index contributed by atoms with van der Waals surface area (Å²) in [5, 5.41) is 9.09. The Bertz CT molecular complexity index is 612. The summed E-state index contributed by atoms with van der Waals surface area (Å²) < 4.78 is 0.922. The van der Waals surface area contributed by atoms with E-state index in [1.54, 1.807) is 23.6 Å². The van der Waals surface area contributed by atoms with Crippen LogP contribution in [0.1, 0.15) is 25.3 Å². The van der Waals surface area contributed by atoms with Crippen molar-refractivity contribution in [3.05, 3.63) is 30.1 Å². The van der Waals surface area contributed by atoms with Gasteiger partial charge in [-0.2, -0.15) is 0 Å². The molecule has 0 aliphatic heterocycles. The number of amides is 1. The Kier molecular flexibility index (Phi) is 4.50. The first-order valence-electron chi connectivity index (χ1n) is 6.89. The van der Waals surface area contributed by atoms with Crippen molar-refractivity contribution in [2.75, 3.05) is 10.7 Å². The lowest BCUT2D eigenvalue weighted by atomic mass is 10.2. The highest BCUT2D eigenvalue weighted by molar-refractivity contribution is 8.01. The van der Waals surface area contributed by atoms with Crippen molar-refractivity contribution in [3.8, 4) is 0 Å². The molecule has 0 spiro atoms. The van der Waals surface area contributed by atoms with Crippen molar-refractivity contribution in [2.45, 2.75) is 36.6 Å². The summed E-state index contributed by atoms with van der Waals surface area (Å²) in [6.45, 7) is 1.59. The molecule has 0 unspecified atom stereocenters. The Labute approximate surface area is 131 Å². The number of carbonyl (C=O) groups is 1. The molecule has 0 aromatic carbocycles. The Balaban J connectivity index is 1.56. The molecule has 1 fully saturated rings. The van der Waals surface area contributed by atoms with Crippen LogP contribution < -0.4 is 4.90 Å². The molecular weight excluding hydrogens is 304 g/mol. The minimum atomic E-state index is 0.0574. The molecule has 3 rings (SSSR count). The number of aryl methyl sites for hydroxylation is 1. The van der Waals surface area contributed by atoms with E-state index in [0.717, 1.165) is 34.5 Å². The first kappa shape index (κ1) is 14.5. The van der Waals surface area contributed by atoms with Crippen molar-refractivity contribution in [3.63, 3.8) is 0 Å². The van der Waals surface area contributed by atoms with E-state index in [-0.39, 0.29) is 5.91 Å². The maximum absolute atomic E-state index is 11.7. The van der Waals surface area contributed by atoms with E-state index in [4.69, 9.17) is 0 Å². The molecule has 2 heterocycles. The van der Waals surface area contributed by atoms with Crippen molar-refractivity contribution in [1.82, 2.24) is 15.2 Å². The number of pyridine rings is 1. The Morgan fingerprint density at radius 3 is 2.81 bits per heavy atom. The predicted octanol–water partition coefficient (Wildman–Crippen LogP) is 2.78. The van der Waals surface area contributed by atoms with E-state index < -0.39 is 0 Å². The molecule has 21 heavy (non-hydrogen) atoms. The number of hydrogen-bond donors (Lipinski definition) is 0. The Morgan fingerprint density at radius 1 is 1.38 bits per heavy atom. The minimum Gasteiger partial charge on any atom is -0.284 e. The first-order valence-corrected chi connectivity index (χ1v) is 8.69. The maximum Gasteiger partial charge on any atom is 0.225 e. The van der Waals surface area contributed by atoms with Crippen molar-refractivity contribution >= 4 is 34.1 Å². The molecule has 0 saturated heterocycles. The fourth-order valence-corrected chi connectivity index (χ4v) is 4.06. The van der Waals surface area contributed by atoms with Gasteiger partial charge in [0.2, 0.25) is 11.0 Å². The summed E-state index contributed by atoms with van der Waals surface area (Å²) in [5.74, 6) is 1.00. The van der Waals surface area contributed by atoms with Gasteiger partial charge in [0, 0.05) is 31.1 Å². The van der Waals surface area contributed by atoms with Crippen molar-refractivity contribution in [1.29, 1.82) is 0 Å². The second kappa shape index (κ2) is 6.53. The lowest BCUT2D eigenvalue weighted by Crippen LogP contribution is -2.30. The minimum absolute atomic E-state index is 0.0574. The van der Waals surface area contributed by atoms with Crippen LogP contribution in [0.4, 0.5) is 5.13 Å². The normalized spacial score (nSPS) is 14.1. The molecular formula is C14H16N4OS2. The van der Waals surface area contributed by atoms with Gasteiger partial charge < -0.3 is 0 Å². The number of hydrogen-bond acceptors (Lipinski definition) is 6. The molecule has 2 aromatic rings. The van der Waals surface area contributed by atoms with Gasteiger partial charge in [-0.1, -0.05) is 23.1 Å². The third-order valence-corrected chi connectivity index (χ3v) is 5.28. The average molecular weight is 320 g/mol. The number of nitrogens with zero attached hydrogens (tertiary/aromatic N) is 4. The second-order valence-electron chi connectivity index (χ2n) is 4.92. The fourth-order valence-electron chi connectivity index (χ4n) is 2.04. The number of anilines is 1. The molecule has 0 atom stereocenters. The molecule has 1 saturated carbocycles. The topological polar surface area (TPSA) is 59.0 Å². The van der Waals surface area contributed by atoms with Gasteiger partial charge in [0.15, 0.2) is 4.34 Å². The van der Waals surface area contributed by atoms with Crippen LogP contribution in [0.5, 0.6) is 0 Å². The van der Waals surface area contributed by atoms with Gasteiger partial charge >= 0.3 is 0 Å². The molecule has 0 bridgehead atoms. The Morgan fingerprint density at radius 2 is 2.14 bits per heavy atom. The smallest absolute Gasteiger partial charge is 0.225 e. The third kappa shape index (κ3) is 3.79. The zero-order valence-electron chi connectivity index (χ0n) is 11.7. The molecule has 2 aromatic heterocycles.